The van der Waals surface area contributed by atoms with E-state index in [4.69, 9.17) is 4.52 Å². The van der Waals surface area contributed by atoms with Crippen LogP contribution >= 0.6 is 0 Å². The molecule has 17 heavy (non-hydrogen) atoms. The fourth-order valence-electron chi connectivity index (χ4n) is 1.92. The molecule has 2 amide bonds. The van der Waals surface area contributed by atoms with E-state index in [2.05, 4.69) is 17.4 Å². The maximum absolute atomic E-state index is 12.0. The Morgan fingerprint density at radius 1 is 1.41 bits per heavy atom. The van der Waals surface area contributed by atoms with Crippen molar-refractivity contribution < 1.29 is 9.32 Å². The highest BCUT2D eigenvalue weighted by molar-refractivity contribution is 5.88. The van der Waals surface area contributed by atoms with Gasteiger partial charge in [0.2, 0.25) is 5.88 Å². The molecule has 1 aliphatic rings. The topological polar surface area (TPSA) is 58.4 Å². The van der Waals surface area contributed by atoms with Gasteiger partial charge in [0, 0.05) is 18.7 Å². The molecule has 5 nitrogen and oxygen atoms in total. The lowest BCUT2D eigenvalue weighted by Crippen LogP contribution is -2.40. The number of amides is 2. The van der Waals surface area contributed by atoms with Gasteiger partial charge < -0.3 is 9.42 Å². The molecule has 1 saturated heterocycles. The SMILES string of the molecule is Cc1noc(NC(=O)N2CCC(C)CC2)c1C. The highest BCUT2D eigenvalue weighted by Crippen LogP contribution is 2.20. The summed E-state index contributed by atoms with van der Waals surface area (Å²) >= 11 is 0. The third-order valence-electron chi connectivity index (χ3n) is 3.45. The lowest BCUT2D eigenvalue weighted by atomic mass is 10.00. The first-order valence-electron chi connectivity index (χ1n) is 6.06. The third kappa shape index (κ3) is 2.60. The molecule has 1 N–H and O–H groups in total. The Morgan fingerprint density at radius 3 is 2.59 bits per heavy atom. The van der Waals surface area contributed by atoms with Gasteiger partial charge in [-0.1, -0.05) is 12.1 Å². The van der Waals surface area contributed by atoms with Gasteiger partial charge in [-0.05, 0) is 32.6 Å². The Kier molecular flexibility index (Phi) is 3.36. The zero-order valence-electron chi connectivity index (χ0n) is 10.6. The molecule has 1 aliphatic heterocycles. The van der Waals surface area contributed by atoms with Crippen LogP contribution in [0.2, 0.25) is 0 Å². The number of hydrogen-bond donors (Lipinski definition) is 1. The van der Waals surface area contributed by atoms with Crippen LogP contribution in [0, 0.1) is 19.8 Å². The van der Waals surface area contributed by atoms with Gasteiger partial charge in [-0.25, -0.2) is 4.79 Å². The van der Waals surface area contributed by atoms with Gasteiger partial charge in [-0.2, -0.15) is 0 Å². The van der Waals surface area contributed by atoms with Crippen LogP contribution < -0.4 is 5.32 Å². The molecule has 0 bridgehead atoms. The van der Waals surface area contributed by atoms with E-state index in [-0.39, 0.29) is 6.03 Å². The summed E-state index contributed by atoms with van der Waals surface area (Å²) in [5.74, 6) is 1.18. The Hall–Kier alpha value is -1.52. The van der Waals surface area contributed by atoms with Crippen LogP contribution in [0.15, 0.2) is 4.52 Å². The number of piperidine rings is 1. The van der Waals surface area contributed by atoms with Crippen molar-refractivity contribution in [3.8, 4) is 0 Å². The Labute approximate surface area is 101 Å². The number of nitrogens with zero attached hydrogens (tertiary/aromatic N) is 2. The van der Waals surface area contributed by atoms with Gasteiger partial charge in [0.15, 0.2) is 0 Å². The smallest absolute Gasteiger partial charge is 0.324 e. The van der Waals surface area contributed by atoms with Gasteiger partial charge in [0.05, 0.1) is 5.69 Å². The fraction of sp³-hybridized carbons (Fsp3) is 0.667. The molecular weight excluding hydrogens is 218 g/mol. The summed E-state index contributed by atoms with van der Waals surface area (Å²) in [4.78, 5) is 13.8. The molecule has 0 saturated carbocycles. The molecule has 5 heteroatoms. The summed E-state index contributed by atoms with van der Waals surface area (Å²) in [6.45, 7) is 7.61. The van der Waals surface area contributed by atoms with E-state index in [1.807, 2.05) is 18.7 Å². The van der Waals surface area contributed by atoms with Crippen LogP contribution in [0.3, 0.4) is 0 Å². The summed E-state index contributed by atoms with van der Waals surface area (Å²) in [6.07, 6.45) is 2.14. The Morgan fingerprint density at radius 2 is 2.06 bits per heavy atom. The minimum absolute atomic E-state index is 0.0869. The van der Waals surface area contributed by atoms with Crippen molar-refractivity contribution in [2.24, 2.45) is 5.92 Å². The largest absolute Gasteiger partial charge is 0.338 e. The van der Waals surface area contributed by atoms with Crippen molar-refractivity contribution >= 4 is 11.9 Å². The molecule has 1 aromatic rings. The van der Waals surface area contributed by atoms with Crippen LogP contribution in [0.25, 0.3) is 0 Å². The van der Waals surface area contributed by atoms with Crippen LogP contribution in [0.1, 0.15) is 31.0 Å². The maximum atomic E-state index is 12.0. The predicted molar refractivity (Wildman–Crippen MR) is 65.0 cm³/mol. The number of hydrogen-bond acceptors (Lipinski definition) is 3. The first-order chi connectivity index (χ1) is 8.08. The van der Waals surface area contributed by atoms with E-state index in [1.54, 1.807) is 0 Å². The molecule has 2 heterocycles. The van der Waals surface area contributed by atoms with Crippen LogP contribution in [-0.4, -0.2) is 29.2 Å². The highest BCUT2D eigenvalue weighted by Gasteiger charge is 2.21. The minimum atomic E-state index is -0.0869. The van der Waals surface area contributed by atoms with Gasteiger partial charge in [0.1, 0.15) is 0 Å². The number of urea groups is 1. The molecule has 0 spiro atoms. The summed E-state index contributed by atoms with van der Waals surface area (Å²) < 4.78 is 5.07. The Bertz CT molecular complexity index is 406. The number of likely N-dealkylation sites (tertiary alicyclic amines) is 1. The predicted octanol–water partition coefficient (Wildman–Crippen LogP) is 2.56. The van der Waals surface area contributed by atoms with Crippen molar-refractivity contribution in [3.05, 3.63) is 11.3 Å². The van der Waals surface area contributed by atoms with Crippen molar-refractivity contribution in [1.29, 1.82) is 0 Å². The van der Waals surface area contributed by atoms with Crippen LogP contribution in [-0.2, 0) is 0 Å². The van der Waals surface area contributed by atoms with E-state index in [0.717, 1.165) is 37.2 Å². The van der Waals surface area contributed by atoms with Crippen molar-refractivity contribution in [2.45, 2.75) is 33.6 Å². The lowest BCUT2D eigenvalue weighted by molar-refractivity contribution is 0.186. The summed E-state index contributed by atoms with van der Waals surface area (Å²) in [7, 11) is 0. The van der Waals surface area contributed by atoms with Gasteiger partial charge in [0.25, 0.3) is 0 Å². The lowest BCUT2D eigenvalue weighted by Gasteiger charge is -2.29. The molecule has 2 rings (SSSR count). The third-order valence-corrected chi connectivity index (χ3v) is 3.45. The van der Waals surface area contributed by atoms with Crippen molar-refractivity contribution in [2.75, 3.05) is 18.4 Å². The zero-order valence-corrected chi connectivity index (χ0v) is 10.6. The van der Waals surface area contributed by atoms with E-state index in [9.17, 15) is 4.79 Å². The normalized spacial score (nSPS) is 17.2. The molecule has 0 aliphatic carbocycles. The standard InChI is InChI=1S/C12H19N3O2/c1-8-4-6-15(7-5-8)12(16)13-11-9(2)10(3)14-17-11/h8H,4-7H2,1-3H3,(H,13,16). The first-order valence-corrected chi connectivity index (χ1v) is 6.06. The quantitative estimate of drug-likeness (QED) is 0.816. The van der Waals surface area contributed by atoms with Gasteiger partial charge in [-0.3, -0.25) is 5.32 Å². The average Bonchev–Trinajstić information content (AvgIpc) is 2.62. The van der Waals surface area contributed by atoms with E-state index in [1.165, 1.54) is 0 Å². The molecule has 1 aromatic heterocycles. The van der Waals surface area contributed by atoms with E-state index >= 15 is 0 Å². The first kappa shape index (κ1) is 12.0. The van der Waals surface area contributed by atoms with Gasteiger partial charge >= 0.3 is 6.03 Å². The molecule has 1 fully saturated rings. The molecule has 0 atom stereocenters. The van der Waals surface area contributed by atoms with Crippen molar-refractivity contribution in [1.82, 2.24) is 10.1 Å². The maximum Gasteiger partial charge on any atom is 0.324 e. The molecule has 0 aromatic carbocycles. The highest BCUT2D eigenvalue weighted by atomic mass is 16.5. The fourth-order valence-corrected chi connectivity index (χ4v) is 1.92. The van der Waals surface area contributed by atoms with Crippen LogP contribution in [0.4, 0.5) is 10.7 Å². The van der Waals surface area contributed by atoms with Gasteiger partial charge in [-0.15, -0.1) is 0 Å². The molecule has 0 radical (unpaired) electrons. The second kappa shape index (κ2) is 4.77. The Balaban J connectivity index is 1.95. The second-order valence-electron chi connectivity index (χ2n) is 4.82. The van der Waals surface area contributed by atoms with Crippen LogP contribution in [0.5, 0.6) is 0 Å². The number of aromatic nitrogens is 1. The summed E-state index contributed by atoms with van der Waals surface area (Å²) in [5, 5.41) is 6.59. The monoisotopic (exact) mass is 237 g/mol. The number of anilines is 1. The molecular formula is C12H19N3O2. The summed E-state index contributed by atoms with van der Waals surface area (Å²) in [5.41, 5.74) is 1.70. The number of carbonyl (C=O) groups is 1. The number of rotatable bonds is 1. The van der Waals surface area contributed by atoms with E-state index in [0.29, 0.717) is 11.8 Å². The molecule has 0 unspecified atom stereocenters. The number of aryl methyl sites for hydroxylation is 1. The number of carbonyl (C=O) groups excluding carboxylic acids is 1. The summed E-state index contributed by atoms with van der Waals surface area (Å²) in [6, 6.07) is -0.0869. The van der Waals surface area contributed by atoms with E-state index < -0.39 is 0 Å². The second-order valence-corrected chi connectivity index (χ2v) is 4.82. The molecule has 94 valence electrons. The minimum Gasteiger partial charge on any atom is -0.338 e. The average molecular weight is 237 g/mol. The number of nitrogens with one attached hydrogen (secondary N) is 1. The zero-order chi connectivity index (χ0) is 12.4. The van der Waals surface area contributed by atoms with Crippen molar-refractivity contribution in [3.63, 3.8) is 0 Å².